The summed E-state index contributed by atoms with van der Waals surface area (Å²) < 4.78 is 10.5. The number of phenolic OH excluding ortho intramolecular Hbond substituents is 1. The number of H-pyrrole nitrogens is 1. The van der Waals surface area contributed by atoms with Crippen molar-refractivity contribution in [2.45, 2.75) is 38.3 Å². The number of nitrogens with one attached hydrogen (secondary N) is 1. The monoisotopic (exact) mass is 357 g/mol. The summed E-state index contributed by atoms with van der Waals surface area (Å²) in [7, 11) is 3.04. The molecule has 2 N–H and O–H groups in total. The molecule has 1 aromatic carbocycles. The summed E-state index contributed by atoms with van der Waals surface area (Å²) in [6.45, 7) is 1.98. The van der Waals surface area contributed by atoms with Gasteiger partial charge >= 0.3 is 0 Å². The Bertz CT molecular complexity index is 889. The lowest BCUT2D eigenvalue weighted by Crippen LogP contribution is -2.35. The lowest BCUT2D eigenvalue weighted by Gasteiger charge is -2.28. The Labute approximate surface area is 151 Å². The van der Waals surface area contributed by atoms with Gasteiger partial charge in [0, 0.05) is 32.0 Å². The van der Waals surface area contributed by atoms with Crippen molar-refractivity contribution in [1.82, 2.24) is 14.9 Å². The second-order valence-electron chi connectivity index (χ2n) is 6.96. The van der Waals surface area contributed by atoms with Crippen molar-refractivity contribution in [1.29, 1.82) is 0 Å². The van der Waals surface area contributed by atoms with Gasteiger partial charge in [0.05, 0.1) is 25.5 Å². The molecule has 1 fully saturated rings. The smallest absolute Gasteiger partial charge is 0.255 e. The molecule has 0 radical (unpaired) electrons. The van der Waals surface area contributed by atoms with Crippen LogP contribution >= 0.6 is 0 Å². The van der Waals surface area contributed by atoms with Gasteiger partial charge in [-0.3, -0.25) is 9.69 Å². The van der Waals surface area contributed by atoms with E-state index in [1.165, 1.54) is 7.11 Å². The summed E-state index contributed by atoms with van der Waals surface area (Å²) in [6.07, 6.45) is 3.01. The SMILES string of the molecule is COc1cc(CN2CCc3nc(C4CC4)[nH]c(=O)c3C2)cc(O)c1OC. The molecule has 138 valence electrons. The Hall–Kier alpha value is -2.54. The summed E-state index contributed by atoms with van der Waals surface area (Å²) in [4.78, 5) is 22.3. The molecule has 4 rings (SSSR count). The van der Waals surface area contributed by atoms with Gasteiger partial charge in [-0.25, -0.2) is 4.98 Å². The quantitative estimate of drug-likeness (QED) is 0.850. The van der Waals surface area contributed by atoms with Crippen LogP contribution in [0.4, 0.5) is 0 Å². The van der Waals surface area contributed by atoms with E-state index in [-0.39, 0.29) is 11.3 Å². The Balaban J connectivity index is 1.54. The van der Waals surface area contributed by atoms with Crippen LogP contribution in [0.3, 0.4) is 0 Å². The predicted molar refractivity (Wildman–Crippen MR) is 95.9 cm³/mol. The normalized spacial score (nSPS) is 17.0. The van der Waals surface area contributed by atoms with Crippen LogP contribution in [0, 0.1) is 0 Å². The van der Waals surface area contributed by atoms with Gasteiger partial charge in [0.15, 0.2) is 11.5 Å². The Morgan fingerprint density at radius 2 is 2.12 bits per heavy atom. The van der Waals surface area contributed by atoms with Crippen LogP contribution in [0.1, 0.15) is 41.4 Å². The zero-order valence-corrected chi connectivity index (χ0v) is 15.0. The third kappa shape index (κ3) is 3.14. The Morgan fingerprint density at radius 3 is 2.81 bits per heavy atom. The zero-order chi connectivity index (χ0) is 18.3. The van der Waals surface area contributed by atoms with Crippen LogP contribution in [0.25, 0.3) is 0 Å². The summed E-state index contributed by atoms with van der Waals surface area (Å²) in [6, 6.07) is 3.53. The molecular formula is C19H23N3O4. The van der Waals surface area contributed by atoms with Gasteiger partial charge < -0.3 is 19.6 Å². The standard InChI is InChI=1S/C19H23N3O4/c1-25-16-8-11(7-15(23)17(16)26-2)9-22-6-5-14-13(10-22)19(24)21-18(20-14)12-3-4-12/h7-8,12,23H,3-6,9-10H2,1-2H3,(H,20,21,24). The molecule has 1 aliphatic heterocycles. The van der Waals surface area contributed by atoms with Crippen molar-refractivity contribution in [2.75, 3.05) is 20.8 Å². The highest BCUT2D eigenvalue weighted by Gasteiger charge is 2.29. The highest BCUT2D eigenvalue weighted by Crippen LogP contribution is 2.39. The number of phenols is 1. The summed E-state index contributed by atoms with van der Waals surface area (Å²) in [5.41, 5.74) is 2.58. The van der Waals surface area contributed by atoms with E-state index in [2.05, 4.69) is 14.9 Å². The fourth-order valence-electron chi connectivity index (χ4n) is 3.53. The molecular weight excluding hydrogens is 334 g/mol. The van der Waals surface area contributed by atoms with Gasteiger partial charge in [0.1, 0.15) is 5.82 Å². The lowest BCUT2D eigenvalue weighted by molar-refractivity contribution is 0.240. The molecule has 2 aliphatic rings. The van der Waals surface area contributed by atoms with E-state index in [0.29, 0.717) is 30.5 Å². The second-order valence-corrected chi connectivity index (χ2v) is 6.96. The molecule has 2 aromatic rings. The highest BCUT2D eigenvalue weighted by atomic mass is 16.5. The van der Waals surface area contributed by atoms with E-state index < -0.39 is 0 Å². The number of aromatic hydroxyl groups is 1. The first-order chi connectivity index (χ1) is 12.6. The van der Waals surface area contributed by atoms with Crippen molar-refractivity contribution < 1.29 is 14.6 Å². The molecule has 7 heteroatoms. The molecule has 1 aliphatic carbocycles. The Morgan fingerprint density at radius 1 is 1.31 bits per heavy atom. The van der Waals surface area contributed by atoms with Gasteiger partial charge in [-0.1, -0.05) is 0 Å². The third-order valence-corrected chi connectivity index (χ3v) is 5.06. The summed E-state index contributed by atoms with van der Waals surface area (Å²) >= 11 is 0. The van der Waals surface area contributed by atoms with Gasteiger partial charge in [-0.05, 0) is 30.5 Å². The lowest BCUT2D eigenvalue weighted by atomic mass is 10.1. The molecule has 0 spiro atoms. The first-order valence-corrected chi connectivity index (χ1v) is 8.87. The first kappa shape index (κ1) is 16.9. The minimum Gasteiger partial charge on any atom is -0.504 e. The highest BCUT2D eigenvalue weighted by molar-refractivity contribution is 5.53. The van der Waals surface area contributed by atoms with Crippen LogP contribution in [-0.2, 0) is 19.5 Å². The van der Waals surface area contributed by atoms with E-state index >= 15 is 0 Å². The topological polar surface area (TPSA) is 87.7 Å². The largest absolute Gasteiger partial charge is 0.504 e. The molecule has 26 heavy (non-hydrogen) atoms. The van der Waals surface area contributed by atoms with Gasteiger partial charge in [0.25, 0.3) is 5.56 Å². The van der Waals surface area contributed by atoms with Gasteiger partial charge in [-0.2, -0.15) is 0 Å². The fraction of sp³-hybridized carbons (Fsp3) is 0.474. The number of hydrogen-bond acceptors (Lipinski definition) is 6. The minimum absolute atomic E-state index is 0.0169. The number of nitrogens with zero attached hydrogens (tertiary/aromatic N) is 2. The number of fused-ring (bicyclic) bond motifs is 1. The van der Waals surface area contributed by atoms with Crippen LogP contribution in [0.15, 0.2) is 16.9 Å². The summed E-state index contributed by atoms with van der Waals surface area (Å²) in [5, 5.41) is 10.1. The zero-order valence-electron chi connectivity index (χ0n) is 15.0. The molecule has 0 bridgehead atoms. The number of rotatable bonds is 5. The van der Waals surface area contributed by atoms with Crippen molar-refractivity contribution in [3.63, 3.8) is 0 Å². The maximum Gasteiger partial charge on any atom is 0.255 e. The Kier molecular flexibility index (Phi) is 4.32. The average molecular weight is 357 g/mol. The summed E-state index contributed by atoms with van der Waals surface area (Å²) in [5.74, 6) is 2.17. The van der Waals surface area contributed by atoms with Crippen LogP contribution < -0.4 is 15.0 Å². The molecule has 0 amide bonds. The van der Waals surface area contributed by atoms with Crippen molar-refractivity contribution in [3.8, 4) is 17.2 Å². The first-order valence-electron chi connectivity index (χ1n) is 8.87. The molecule has 0 saturated heterocycles. The molecule has 1 aromatic heterocycles. The number of aromatic nitrogens is 2. The third-order valence-electron chi connectivity index (χ3n) is 5.06. The van der Waals surface area contributed by atoms with E-state index in [1.807, 2.05) is 6.07 Å². The van der Waals surface area contributed by atoms with E-state index in [4.69, 9.17) is 9.47 Å². The molecule has 2 heterocycles. The number of benzene rings is 1. The average Bonchev–Trinajstić information content (AvgIpc) is 3.46. The fourth-order valence-corrected chi connectivity index (χ4v) is 3.53. The van der Waals surface area contributed by atoms with Crippen molar-refractivity contribution in [2.24, 2.45) is 0 Å². The molecule has 0 atom stereocenters. The molecule has 1 saturated carbocycles. The molecule has 7 nitrogen and oxygen atoms in total. The maximum atomic E-state index is 12.5. The van der Waals surface area contributed by atoms with Crippen molar-refractivity contribution >= 4 is 0 Å². The van der Waals surface area contributed by atoms with Crippen LogP contribution in [0.5, 0.6) is 17.2 Å². The number of methoxy groups -OCH3 is 2. The number of aromatic amines is 1. The van der Waals surface area contributed by atoms with Crippen LogP contribution in [0.2, 0.25) is 0 Å². The maximum absolute atomic E-state index is 12.5. The van der Waals surface area contributed by atoms with E-state index in [9.17, 15) is 9.90 Å². The van der Waals surface area contributed by atoms with E-state index in [1.54, 1.807) is 13.2 Å². The minimum atomic E-state index is -0.0169. The number of hydrogen-bond donors (Lipinski definition) is 2. The molecule has 0 unspecified atom stereocenters. The van der Waals surface area contributed by atoms with Gasteiger partial charge in [0.2, 0.25) is 5.75 Å². The van der Waals surface area contributed by atoms with Crippen molar-refractivity contribution in [3.05, 3.63) is 45.1 Å². The predicted octanol–water partition coefficient (Wildman–Crippen LogP) is 1.93. The van der Waals surface area contributed by atoms with Gasteiger partial charge in [-0.15, -0.1) is 0 Å². The van der Waals surface area contributed by atoms with E-state index in [0.717, 1.165) is 48.5 Å². The number of ether oxygens (including phenoxy) is 2. The van der Waals surface area contributed by atoms with Crippen LogP contribution in [-0.4, -0.2) is 40.7 Å². The second kappa shape index (κ2) is 6.64.